The van der Waals surface area contributed by atoms with Crippen LogP contribution in [-0.2, 0) is 9.59 Å². The van der Waals surface area contributed by atoms with Gasteiger partial charge in [-0.1, -0.05) is 13.8 Å². The van der Waals surface area contributed by atoms with Crippen molar-refractivity contribution in [1.29, 1.82) is 0 Å². The summed E-state index contributed by atoms with van der Waals surface area (Å²) < 4.78 is 0. The molecule has 0 heterocycles. The standard InChI is InChI=1S/C11H21NO3S/c1-4-6-16-8-10(13)12(7-11(14)15)9(3)5-2/h9H,4-8H2,1-3H3,(H,14,15). The quantitative estimate of drug-likeness (QED) is 0.665. The minimum absolute atomic E-state index is 0.00849. The van der Waals surface area contributed by atoms with E-state index in [1.54, 1.807) is 11.8 Å². The zero-order chi connectivity index (χ0) is 12.6. The summed E-state index contributed by atoms with van der Waals surface area (Å²) in [6.45, 7) is 5.69. The summed E-state index contributed by atoms with van der Waals surface area (Å²) in [6.07, 6.45) is 1.80. The van der Waals surface area contributed by atoms with E-state index in [9.17, 15) is 9.59 Å². The zero-order valence-electron chi connectivity index (χ0n) is 10.2. The molecule has 1 N–H and O–H groups in total. The third-order valence-corrected chi connectivity index (χ3v) is 3.47. The molecule has 0 saturated heterocycles. The van der Waals surface area contributed by atoms with Gasteiger partial charge in [0.15, 0.2) is 0 Å². The van der Waals surface area contributed by atoms with E-state index in [4.69, 9.17) is 5.11 Å². The summed E-state index contributed by atoms with van der Waals surface area (Å²) in [4.78, 5) is 23.9. The van der Waals surface area contributed by atoms with Crippen molar-refractivity contribution in [2.24, 2.45) is 0 Å². The van der Waals surface area contributed by atoms with Crippen LogP contribution < -0.4 is 0 Å². The van der Waals surface area contributed by atoms with E-state index in [0.717, 1.165) is 18.6 Å². The molecule has 0 aromatic rings. The van der Waals surface area contributed by atoms with E-state index in [-0.39, 0.29) is 18.5 Å². The minimum atomic E-state index is -0.950. The van der Waals surface area contributed by atoms with E-state index < -0.39 is 5.97 Å². The SMILES string of the molecule is CCCSCC(=O)N(CC(=O)O)C(C)CC. The first kappa shape index (κ1) is 15.3. The molecule has 0 spiro atoms. The van der Waals surface area contributed by atoms with E-state index in [0.29, 0.717) is 5.75 Å². The normalized spacial score (nSPS) is 12.2. The van der Waals surface area contributed by atoms with Crippen LogP contribution >= 0.6 is 11.8 Å². The number of carbonyl (C=O) groups excluding carboxylic acids is 1. The Kier molecular flexibility index (Phi) is 8.07. The molecule has 0 aliphatic heterocycles. The highest BCUT2D eigenvalue weighted by Gasteiger charge is 2.20. The molecule has 1 unspecified atom stereocenters. The zero-order valence-corrected chi connectivity index (χ0v) is 11.0. The number of nitrogens with zero attached hydrogens (tertiary/aromatic N) is 1. The van der Waals surface area contributed by atoms with Crippen molar-refractivity contribution >= 4 is 23.6 Å². The fraction of sp³-hybridized carbons (Fsp3) is 0.818. The van der Waals surface area contributed by atoms with Gasteiger partial charge in [0.1, 0.15) is 6.54 Å². The van der Waals surface area contributed by atoms with Crippen LogP contribution in [0.4, 0.5) is 0 Å². The Bertz CT molecular complexity index is 233. The van der Waals surface area contributed by atoms with Crippen molar-refractivity contribution in [3.8, 4) is 0 Å². The number of amides is 1. The second-order valence-electron chi connectivity index (χ2n) is 3.73. The number of rotatable bonds is 8. The Morgan fingerprint density at radius 3 is 2.44 bits per heavy atom. The molecule has 0 bridgehead atoms. The van der Waals surface area contributed by atoms with E-state index in [1.165, 1.54) is 4.90 Å². The summed E-state index contributed by atoms with van der Waals surface area (Å²) in [5.41, 5.74) is 0. The first-order chi connectivity index (χ1) is 7.52. The lowest BCUT2D eigenvalue weighted by Gasteiger charge is -2.26. The van der Waals surface area contributed by atoms with Crippen molar-refractivity contribution < 1.29 is 14.7 Å². The average Bonchev–Trinajstić information content (AvgIpc) is 2.24. The Morgan fingerprint density at radius 2 is 2.00 bits per heavy atom. The molecule has 1 amide bonds. The van der Waals surface area contributed by atoms with Gasteiger partial charge in [0, 0.05) is 6.04 Å². The molecule has 0 aliphatic rings. The maximum atomic E-state index is 11.8. The molecule has 4 nitrogen and oxygen atoms in total. The number of carboxylic acids is 1. The third kappa shape index (κ3) is 6.00. The minimum Gasteiger partial charge on any atom is -0.480 e. The molecule has 0 rings (SSSR count). The van der Waals surface area contributed by atoms with Crippen molar-refractivity contribution in [1.82, 2.24) is 4.90 Å². The van der Waals surface area contributed by atoms with Gasteiger partial charge in [-0.25, -0.2) is 0 Å². The highest BCUT2D eigenvalue weighted by atomic mass is 32.2. The van der Waals surface area contributed by atoms with E-state index in [2.05, 4.69) is 6.92 Å². The number of hydrogen-bond acceptors (Lipinski definition) is 3. The van der Waals surface area contributed by atoms with Gasteiger partial charge in [-0.15, -0.1) is 0 Å². The third-order valence-electron chi connectivity index (χ3n) is 2.32. The first-order valence-electron chi connectivity index (χ1n) is 5.61. The molecule has 0 saturated carbocycles. The van der Waals surface area contributed by atoms with Gasteiger partial charge in [0.2, 0.25) is 5.91 Å². The Balaban J connectivity index is 4.26. The van der Waals surface area contributed by atoms with Gasteiger partial charge in [-0.2, -0.15) is 11.8 Å². The maximum absolute atomic E-state index is 11.8. The Hall–Kier alpha value is -0.710. The molecule has 1 atom stereocenters. The summed E-state index contributed by atoms with van der Waals surface area (Å²) in [5, 5.41) is 8.75. The Labute approximate surface area is 101 Å². The molecule has 0 fully saturated rings. The summed E-state index contributed by atoms with van der Waals surface area (Å²) in [5.74, 6) is 0.294. The van der Waals surface area contributed by atoms with Gasteiger partial charge in [-0.05, 0) is 25.5 Å². The van der Waals surface area contributed by atoms with Crippen LogP contribution in [-0.4, -0.2) is 46.0 Å². The van der Waals surface area contributed by atoms with Crippen molar-refractivity contribution in [3.05, 3.63) is 0 Å². The fourth-order valence-electron chi connectivity index (χ4n) is 1.24. The van der Waals surface area contributed by atoms with Crippen LogP contribution in [0.1, 0.15) is 33.6 Å². The van der Waals surface area contributed by atoms with Crippen LogP contribution in [0.2, 0.25) is 0 Å². The van der Waals surface area contributed by atoms with Crippen molar-refractivity contribution in [3.63, 3.8) is 0 Å². The number of carbonyl (C=O) groups is 2. The fourth-order valence-corrected chi connectivity index (χ4v) is 2.02. The molecule has 0 aromatic carbocycles. The average molecular weight is 247 g/mol. The van der Waals surface area contributed by atoms with Crippen LogP contribution in [0.15, 0.2) is 0 Å². The van der Waals surface area contributed by atoms with Crippen LogP contribution in [0.3, 0.4) is 0 Å². The molecule has 0 aliphatic carbocycles. The van der Waals surface area contributed by atoms with E-state index in [1.807, 2.05) is 13.8 Å². The number of carboxylic acid groups (broad SMARTS) is 1. The largest absolute Gasteiger partial charge is 0.480 e. The molecule has 0 aromatic heterocycles. The smallest absolute Gasteiger partial charge is 0.323 e. The van der Waals surface area contributed by atoms with Gasteiger partial charge < -0.3 is 10.0 Å². The first-order valence-corrected chi connectivity index (χ1v) is 6.77. The summed E-state index contributed by atoms with van der Waals surface area (Å²) in [6, 6.07) is -0.00849. The molecule has 94 valence electrons. The lowest BCUT2D eigenvalue weighted by atomic mass is 10.2. The second kappa shape index (κ2) is 8.44. The van der Waals surface area contributed by atoms with Crippen molar-refractivity contribution in [2.75, 3.05) is 18.1 Å². The van der Waals surface area contributed by atoms with Gasteiger partial charge in [-0.3, -0.25) is 9.59 Å². The molecule has 0 radical (unpaired) electrons. The van der Waals surface area contributed by atoms with Gasteiger partial charge >= 0.3 is 5.97 Å². The lowest BCUT2D eigenvalue weighted by molar-refractivity contribution is -0.144. The highest BCUT2D eigenvalue weighted by molar-refractivity contribution is 7.99. The predicted molar refractivity (Wildman–Crippen MR) is 66.7 cm³/mol. The van der Waals surface area contributed by atoms with Gasteiger partial charge in [0.25, 0.3) is 0 Å². The Morgan fingerprint density at radius 1 is 1.38 bits per heavy atom. The van der Waals surface area contributed by atoms with Gasteiger partial charge in [0.05, 0.1) is 5.75 Å². The van der Waals surface area contributed by atoms with Crippen molar-refractivity contribution in [2.45, 2.75) is 39.7 Å². The molecule has 5 heteroatoms. The second-order valence-corrected chi connectivity index (χ2v) is 4.83. The molecule has 16 heavy (non-hydrogen) atoms. The summed E-state index contributed by atoms with van der Waals surface area (Å²) in [7, 11) is 0. The number of hydrogen-bond donors (Lipinski definition) is 1. The number of aliphatic carboxylic acids is 1. The summed E-state index contributed by atoms with van der Waals surface area (Å²) >= 11 is 1.56. The van der Waals surface area contributed by atoms with Crippen LogP contribution in [0.5, 0.6) is 0 Å². The lowest BCUT2D eigenvalue weighted by Crippen LogP contribution is -2.42. The highest BCUT2D eigenvalue weighted by Crippen LogP contribution is 2.09. The van der Waals surface area contributed by atoms with E-state index >= 15 is 0 Å². The monoisotopic (exact) mass is 247 g/mol. The molecular weight excluding hydrogens is 226 g/mol. The topological polar surface area (TPSA) is 57.6 Å². The predicted octanol–water partition coefficient (Wildman–Crippen LogP) is 1.84. The van der Waals surface area contributed by atoms with Crippen LogP contribution in [0, 0.1) is 0 Å². The van der Waals surface area contributed by atoms with Crippen LogP contribution in [0.25, 0.3) is 0 Å². The number of thioether (sulfide) groups is 1. The molecular formula is C11H21NO3S. The maximum Gasteiger partial charge on any atom is 0.323 e.